The van der Waals surface area contributed by atoms with Gasteiger partial charge in [-0.3, -0.25) is 4.79 Å². The van der Waals surface area contributed by atoms with E-state index in [1.165, 1.54) is 0 Å². The Labute approximate surface area is 66.5 Å². The van der Waals surface area contributed by atoms with Gasteiger partial charge in [-0.15, -0.1) is 11.6 Å². The summed E-state index contributed by atoms with van der Waals surface area (Å²) in [6, 6.07) is 0. The third-order valence-corrected chi connectivity index (χ3v) is 1.29. The molecule has 0 fully saturated rings. The zero-order valence-electron chi connectivity index (χ0n) is 6.23. The van der Waals surface area contributed by atoms with Gasteiger partial charge < -0.3 is 4.74 Å². The predicted octanol–water partition coefficient (Wildman–Crippen LogP) is 1.61. The molecule has 0 spiro atoms. The van der Waals surface area contributed by atoms with E-state index in [2.05, 4.69) is 0 Å². The van der Waals surface area contributed by atoms with Crippen LogP contribution >= 0.6 is 11.6 Å². The molecule has 0 aliphatic carbocycles. The molecule has 0 aromatic heterocycles. The normalized spacial score (nSPS) is 9.80. The second kappa shape index (κ2) is 7.03. The molecular formula is C7H13ClO2. The van der Waals surface area contributed by atoms with Crippen molar-refractivity contribution in [3.63, 3.8) is 0 Å². The first-order valence-electron chi connectivity index (χ1n) is 3.40. The molecule has 0 unspecified atom stereocenters. The predicted molar refractivity (Wildman–Crippen MR) is 41.5 cm³/mol. The maximum Gasteiger partial charge on any atom is 0.132 e. The van der Waals surface area contributed by atoms with E-state index in [-0.39, 0.29) is 5.78 Å². The fourth-order valence-electron chi connectivity index (χ4n) is 0.475. The summed E-state index contributed by atoms with van der Waals surface area (Å²) in [7, 11) is 0. The van der Waals surface area contributed by atoms with Gasteiger partial charge in [0.1, 0.15) is 5.78 Å². The Bertz CT molecular complexity index is 93.6. The van der Waals surface area contributed by atoms with E-state index < -0.39 is 0 Å². The van der Waals surface area contributed by atoms with E-state index in [0.717, 1.165) is 6.42 Å². The first-order valence-corrected chi connectivity index (χ1v) is 3.94. The summed E-state index contributed by atoms with van der Waals surface area (Å²) >= 11 is 5.40. The maximum absolute atomic E-state index is 10.4. The fraction of sp³-hybridized carbons (Fsp3) is 0.857. The molecule has 0 amide bonds. The smallest absolute Gasteiger partial charge is 0.132 e. The fourth-order valence-corrected chi connectivity index (χ4v) is 0.584. The van der Waals surface area contributed by atoms with Crippen molar-refractivity contribution in [2.75, 3.05) is 19.1 Å². The number of rotatable bonds is 6. The molecule has 0 aliphatic heterocycles. The lowest BCUT2D eigenvalue weighted by Gasteiger charge is -1.98. The summed E-state index contributed by atoms with van der Waals surface area (Å²) in [5.74, 6) is 0.797. The van der Waals surface area contributed by atoms with Gasteiger partial charge in [0.05, 0.1) is 6.61 Å². The summed E-state index contributed by atoms with van der Waals surface area (Å²) in [6.07, 6.45) is 1.38. The topological polar surface area (TPSA) is 26.3 Å². The molecule has 0 aromatic carbocycles. The molecule has 3 heteroatoms. The number of hydrogen-bond acceptors (Lipinski definition) is 2. The van der Waals surface area contributed by atoms with Crippen molar-refractivity contribution in [3.8, 4) is 0 Å². The highest BCUT2D eigenvalue weighted by atomic mass is 35.5. The van der Waals surface area contributed by atoms with Crippen LogP contribution in [0.1, 0.15) is 19.8 Å². The van der Waals surface area contributed by atoms with Crippen molar-refractivity contribution in [1.82, 2.24) is 0 Å². The third-order valence-electron chi connectivity index (χ3n) is 1.02. The Morgan fingerprint density at radius 2 is 2.20 bits per heavy atom. The average molecular weight is 165 g/mol. The Morgan fingerprint density at radius 1 is 1.50 bits per heavy atom. The molecule has 0 saturated heterocycles. The van der Waals surface area contributed by atoms with Crippen molar-refractivity contribution in [3.05, 3.63) is 0 Å². The van der Waals surface area contributed by atoms with Gasteiger partial charge in [-0.05, 0) is 13.3 Å². The number of Topliss-reactive ketones (excluding diaryl/α,β-unsaturated/α-hetero) is 1. The van der Waals surface area contributed by atoms with Crippen LogP contribution < -0.4 is 0 Å². The summed E-state index contributed by atoms with van der Waals surface area (Å²) in [4.78, 5) is 10.4. The molecule has 0 bridgehead atoms. The number of hydrogen-bond donors (Lipinski definition) is 0. The van der Waals surface area contributed by atoms with Gasteiger partial charge in [-0.25, -0.2) is 0 Å². The summed E-state index contributed by atoms with van der Waals surface area (Å²) in [6.45, 7) is 2.76. The minimum Gasteiger partial charge on any atom is -0.381 e. The van der Waals surface area contributed by atoms with E-state index in [1.54, 1.807) is 6.92 Å². The molecule has 0 heterocycles. The molecule has 0 rings (SSSR count). The molecule has 0 N–H and O–H groups in total. The first-order chi connectivity index (χ1) is 4.77. The van der Waals surface area contributed by atoms with Gasteiger partial charge in [0.2, 0.25) is 0 Å². The van der Waals surface area contributed by atoms with Crippen molar-refractivity contribution in [2.24, 2.45) is 0 Å². The lowest BCUT2D eigenvalue weighted by molar-refractivity contribution is -0.118. The van der Waals surface area contributed by atoms with E-state index >= 15 is 0 Å². The van der Waals surface area contributed by atoms with Gasteiger partial charge in [0.15, 0.2) is 0 Å². The highest BCUT2D eigenvalue weighted by Crippen LogP contribution is 1.88. The number of alkyl halides is 1. The molecule has 10 heavy (non-hydrogen) atoms. The van der Waals surface area contributed by atoms with Crippen LogP contribution in [-0.2, 0) is 9.53 Å². The van der Waals surface area contributed by atoms with Gasteiger partial charge in [-0.2, -0.15) is 0 Å². The summed E-state index contributed by atoms with van der Waals surface area (Å²) < 4.78 is 5.08. The molecule has 0 saturated carbocycles. The van der Waals surface area contributed by atoms with Crippen LogP contribution in [0.5, 0.6) is 0 Å². The SMILES string of the molecule is CC(=O)CCOCCCCl. The van der Waals surface area contributed by atoms with Crippen LogP contribution in [0.4, 0.5) is 0 Å². The average Bonchev–Trinajstić information content (AvgIpc) is 1.87. The zero-order chi connectivity index (χ0) is 7.82. The number of ether oxygens (including phenoxy) is 1. The van der Waals surface area contributed by atoms with E-state index in [4.69, 9.17) is 16.3 Å². The zero-order valence-corrected chi connectivity index (χ0v) is 6.99. The van der Waals surface area contributed by atoms with Crippen LogP contribution in [0.2, 0.25) is 0 Å². The van der Waals surface area contributed by atoms with Crippen LogP contribution in [-0.4, -0.2) is 24.9 Å². The van der Waals surface area contributed by atoms with E-state index in [9.17, 15) is 4.79 Å². The molecule has 0 aromatic rings. The Balaban J connectivity index is 2.84. The molecule has 0 atom stereocenters. The number of halogens is 1. The van der Waals surface area contributed by atoms with Gasteiger partial charge in [0, 0.05) is 18.9 Å². The van der Waals surface area contributed by atoms with Crippen LogP contribution in [0.25, 0.3) is 0 Å². The third kappa shape index (κ3) is 7.92. The minimum absolute atomic E-state index is 0.172. The second-order valence-corrected chi connectivity index (χ2v) is 2.48. The highest BCUT2D eigenvalue weighted by molar-refractivity contribution is 6.17. The molecule has 2 nitrogen and oxygen atoms in total. The largest absolute Gasteiger partial charge is 0.381 e. The van der Waals surface area contributed by atoms with E-state index in [1.807, 2.05) is 0 Å². The standard InChI is InChI=1S/C7H13ClO2/c1-7(9)3-6-10-5-2-4-8/h2-6H2,1H3. The Morgan fingerprint density at radius 3 is 2.70 bits per heavy atom. The van der Waals surface area contributed by atoms with Crippen molar-refractivity contribution < 1.29 is 9.53 Å². The Hall–Kier alpha value is -0.0800. The lowest BCUT2D eigenvalue weighted by atomic mass is 10.3. The summed E-state index contributed by atoms with van der Waals surface area (Å²) in [5, 5.41) is 0. The maximum atomic E-state index is 10.4. The molecule has 0 radical (unpaired) electrons. The van der Waals surface area contributed by atoms with Crippen molar-refractivity contribution in [1.29, 1.82) is 0 Å². The first kappa shape index (κ1) is 9.92. The van der Waals surface area contributed by atoms with Gasteiger partial charge >= 0.3 is 0 Å². The van der Waals surface area contributed by atoms with E-state index in [0.29, 0.717) is 25.5 Å². The summed E-state index contributed by atoms with van der Waals surface area (Å²) in [5.41, 5.74) is 0. The lowest BCUT2D eigenvalue weighted by Crippen LogP contribution is -2.01. The van der Waals surface area contributed by atoms with Gasteiger partial charge in [-0.1, -0.05) is 0 Å². The van der Waals surface area contributed by atoms with Crippen LogP contribution in [0.15, 0.2) is 0 Å². The minimum atomic E-state index is 0.172. The Kier molecular flexibility index (Phi) is 6.98. The van der Waals surface area contributed by atoms with Crippen LogP contribution in [0, 0.1) is 0 Å². The molecule has 0 aliphatic rings. The number of ketones is 1. The van der Waals surface area contributed by atoms with Crippen molar-refractivity contribution in [2.45, 2.75) is 19.8 Å². The number of carbonyl (C=O) groups is 1. The quantitative estimate of drug-likeness (QED) is 0.441. The monoisotopic (exact) mass is 164 g/mol. The van der Waals surface area contributed by atoms with Crippen molar-refractivity contribution >= 4 is 17.4 Å². The molecular weight excluding hydrogens is 152 g/mol. The highest BCUT2D eigenvalue weighted by Gasteiger charge is 1.92. The second-order valence-electron chi connectivity index (χ2n) is 2.11. The molecule has 60 valence electrons. The van der Waals surface area contributed by atoms with Gasteiger partial charge in [0.25, 0.3) is 0 Å². The van der Waals surface area contributed by atoms with Crippen LogP contribution in [0.3, 0.4) is 0 Å². The number of carbonyl (C=O) groups excluding carboxylic acids is 1.